The number of hydrogen-bond donors (Lipinski definition) is 0. The zero-order chi connectivity index (χ0) is 18.4. The van der Waals surface area contributed by atoms with Gasteiger partial charge in [0.2, 0.25) is 0 Å². The first-order valence-corrected chi connectivity index (χ1v) is 10.1. The van der Waals surface area contributed by atoms with Crippen LogP contribution in [0.15, 0.2) is 36.5 Å². The van der Waals surface area contributed by atoms with E-state index in [1.54, 1.807) is 6.07 Å². The first-order chi connectivity index (χ1) is 12.7. The summed E-state index contributed by atoms with van der Waals surface area (Å²) in [6, 6.07) is 9.15. The summed E-state index contributed by atoms with van der Waals surface area (Å²) >= 11 is 0. The molecule has 1 aromatic carbocycles. The molecule has 0 amide bonds. The summed E-state index contributed by atoms with van der Waals surface area (Å²) in [7, 11) is 0. The Labute approximate surface area is 156 Å². The van der Waals surface area contributed by atoms with E-state index in [0.717, 1.165) is 25.2 Å². The van der Waals surface area contributed by atoms with Crippen LogP contribution < -0.4 is 4.74 Å². The van der Waals surface area contributed by atoms with E-state index in [2.05, 4.69) is 24.9 Å². The quantitative estimate of drug-likeness (QED) is 0.512. The molecule has 3 rings (SSSR count). The van der Waals surface area contributed by atoms with Gasteiger partial charge in [0.25, 0.3) is 0 Å². The molecule has 0 unspecified atom stereocenters. The molecule has 0 radical (unpaired) electrons. The van der Waals surface area contributed by atoms with Crippen LogP contribution in [0.4, 0.5) is 4.39 Å². The molecular weight excluding hydrogens is 325 g/mol. The minimum Gasteiger partial charge on any atom is -0.493 e. The Morgan fingerprint density at radius 1 is 1.08 bits per heavy atom. The van der Waals surface area contributed by atoms with Gasteiger partial charge in [0, 0.05) is 17.8 Å². The van der Waals surface area contributed by atoms with E-state index >= 15 is 0 Å². The average molecular weight is 355 g/mol. The highest BCUT2D eigenvalue weighted by atomic mass is 19.1. The third-order valence-corrected chi connectivity index (χ3v) is 5.51. The van der Waals surface area contributed by atoms with Crippen molar-refractivity contribution in [3.63, 3.8) is 0 Å². The maximum atomic E-state index is 14.5. The summed E-state index contributed by atoms with van der Waals surface area (Å²) in [5.41, 5.74) is 2.51. The molecule has 26 heavy (non-hydrogen) atoms. The van der Waals surface area contributed by atoms with E-state index in [0.29, 0.717) is 29.5 Å². The van der Waals surface area contributed by atoms with E-state index in [4.69, 9.17) is 4.74 Å². The van der Waals surface area contributed by atoms with Gasteiger partial charge in [0.15, 0.2) is 0 Å². The number of pyridine rings is 1. The van der Waals surface area contributed by atoms with Gasteiger partial charge in [-0.3, -0.25) is 4.98 Å². The summed E-state index contributed by atoms with van der Waals surface area (Å²) in [6.45, 7) is 5.12. The minimum absolute atomic E-state index is 0.273. The molecule has 0 saturated heterocycles. The summed E-state index contributed by atoms with van der Waals surface area (Å²) in [5.74, 6) is 1.77. The first-order valence-electron chi connectivity index (χ1n) is 10.1. The van der Waals surface area contributed by atoms with Crippen molar-refractivity contribution in [2.75, 3.05) is 6.61 Å². The molecule has 1 aliphatic rings. The Morgan fingerprint density at radius 2 is 1.88 bits per heavy atom. The van der Waals surface area contributed by atoms with Gasteiger partial charge >= 0.3 is 0 Å². The fourth-order valence-electron chi connectivity index (χ4n) is 3.73. The predicted molar refractivity (Wildman–Crippen MR) is 105 cm³/mol. The second-order valence-corrected chi connectivity index (χ2v) is 7.63. The SMILES string of the molecule is CCCCCOc1ccc(-c2ccc(C3CCC(C)CC3)cn2)c(F)c1. The first kappa shape index (κ1) is 18.9. The van der Waals surface area contributed by atoms with Gasteiger partial charge in [-0.05, 0) is 54.9 Å². The van der Waals surface area contributed by atoms with Crippen molar-refractivity contribution in [1.82, 2.24) is 4.98 Å². The Balaban J connectivity index is 1.65. The number of nitrogens with zero attached hydrogens (tertiary/aromatic N) is 1. The largest absolute Gasteiger partial charge is 0.493 e. The second kappa shape index (κ2) is 9.16. The Kier molecular flexibility index (Phi) is 6.65. The van der Waals surface area contributed by atoms with E-state index < -0.39 is 0 Å². The average Bonchev–Trinajstić information content (AvgIpc) is 2.66. The van der Waals surface area contributed by atoms with Crippen LogP contribution in [0.3, 0.4) is 0 Å². The smallest absolute Gasteiger partial charge is 0.136 e. The number of halogens is 1. The van der Waals surface area contributed by atoms with Crippen LogP contribution in [0.2, 0.25) is 0 Å². The molecule has 2 nitrogen and oxygen atoms in total. The lowest BCUT2D eigenvalue weighted by molar-refractivity contribution is 0.305. The van der Waals surface area contributed by atoms with Crippen molar-refractivity contribution in [2.24, 2.45) is 5.92 Å². The van der Waals surface area contributed by atoms with Gasteiger partial charge in [0.05, 0.1) is 12.3 Å². The van der Waals surface area contributed by atoms with Gasteiger partial charge in [-0.15, -0.1) is 0 Å². The highest BCUT2D eigenvalue weighted by Crippen LogP contribution is 2.35. The fraction of sp³-hybridized carbons (Fsp3) is 0.522. The molecule has 0 N–H and O–H groups in total. The lowest BCUT2D eigenvalue weighted by Gasteiger charge is -2.26. The summed E-state index contributed by atoms with van der Waals surface area (Å²) < 4.78 is 20.1. The molecule has 0 atom stereocenters. The summed E-state index contributed by atoms with van der Waals surface area (Å²) in [4.78, 5) is 4.54. The zero-order valence-electron chi connectivity index (χ0n) is 16.0. The van der Waals surface area contributed by atoms with Gasteiger partial charge in [0.1, 0.15) is 11.6 Å². The fourth-order valence-corrected chi connectivity index (χ4v) is 3.73. The Hall–Kier alpha value is -1.90. The number of ether oxygens (including phenoxy) is 1. The van der Waals surface area contributed by atoms with Crippen LogP contribution in [0.5, 0.6) is 5.75 Å². The monoisotopic (exact) mass is 355 g/mol. The van der Waals surface area contributed by atoms with E-state index in [1.165, 1.54) is 37.3 Å². The molecule has 1 saturated carbocycles. The number of rotatable bonds is 7. The topological polar surface area (TPSA) is 22.1 Å². The molecule has 0 spiro atoms. The number of unbranched alkanes of at least 4 members (excludes halogenated alkanes) is 2. The molecule has 1 heterocycles. The maximum absolute atomic E-state index is 14.5. The minimum atomic E-state index is -0.273. The van der Waals surface area contributed by atoms with Gasteiger partial charge < -0.3 is 4.74 Å². The van der Waals surface area contributed by atoms with Gasteiger partial charge in [-0.2, -0.15) is 0 Å². The van der Waals surface area contributed by atoms with E-state index in [-0.39, 0.29) is 5.82 Å². The van der Waals surface area contributed by atoms with Crippen LogP contribution in [-0.2, 0) is 0 Å². The highest BCUT2D eigenvalue weighted by molar-refractivity contribution is 5.61. The lowest BCUT2D eigenvalue weighted by atomic mass is 9.80. The van der Waals surface area contributed by atoms with Crippen LogP contribution in [0, 0.1) is 11.7 Å². The van der Waals surface area contributed by atoms with Crippen LogP contribution in [0.1, 0.15) is 70.3 Å². The molecule has 2 aromatic rings. The highest BCUT2D eigenvalue weighted by Gasteiger charge is 2.20. The normalized spacial score (nSPS) is 20.1. The van der Waals surface area contributed by atoms with Crippen molar-refractivity contribution in [2.45, 2.75) is 64.7 Å². The third kappa shape index (κ3) is 4.84. The standard InChI is InChI=1S/C23H30FNO/c1-3-4-5-14-26-20-11-12-21(22(24)15-20)23-13-10-19(16-25-23)18-8-6-17(2)7-9-18/h10-13,15-18H,3-9,14H2,1-2H3. The molecule has 0 aliphatic heterocycles. The van der Waals surface area contributed by atoms with Gasteiger partial charge in [-0.25, -0.2) is 4.39 Å². The molecule has 1 fully saturated rings. The molecule has 140 valence electrons. The van der Waals surface area contributed by atoms with E-state index in [1.807, 2.05) is 18.3 Å². The zero-order valence-corrected chi connectivity index (χ0v) is 16.0. The van der Waals surface area contributed by atoms with Crippen LogP contribution >= 0.6 is 0 Å². The predicted octanol–water partition coefficient (Wildman–Crippen LogP) is 6.75. The molecule has 1 aliphatic carbocycles. The van der Waals surface area contributed by atoms with Crippen molar-refractivity contribution in [3.05, 3.63) is 47.9 Å². The van der Waals surface area contributed by atoms with Gasteiger partial charge in [-0.1, -0.05) is 45.6 Å². The third-order valence-electron chi connectivity index (χ3n) is 5.51. The Morgan fingerprint density at radius 3 is 2.54 bits per heavy atom. The van der Waals surface area contributed by atoms with Crippen molar-refractivity contribution in [1.29, 1.82) is 0 Å². The van der Waals surface area contributed by atoms with Crippen LogP contribution in [-0.4, -0.2) is 11.6 Å². The second-order valence-electron chi connectivity index (χ2n) is 7.63. The summed E-state index contributed by atoms with van der Waals surface area (Å²) in [5, 5.41) is 0. The summed E-state index contributed by atoms with van der Waals surface area (Å²) in [6.07, 6.45) is 10.3. The molecule has 0 bridgehead atoms. The Bertz CT molecular complexity index is 690. The number of benzene rings is 1. The van der Waals surface area contributed by atoms with Crippen LogP contribution in [0.25, 0.3) is 11.3 Å². The van der Waals surface area contributed by atoms with Crippen molar-refractivity contribution >= 4 is 0 Å². The number of aromatic nitrogens is 1. The van der Waals surface area contributed by atoms with Crippen molar-refractivity contribution < 1.29 is 9.13 Å². The number of hydrogen-bond acceptors (Lipinski definition) is 2. The van der Waals surface area contributed by atoms with E-state index in [9.17, 15) is 4.39 Å². The lowest BCUT2D eigenvalue weighted by Crippen LogP contribution is -2.11. The molecule has 3 heteroatoms. The molecule has 1 aromatic heterocycles. The maximum Gasteiger partial charge on any atom is 0.136 e. The molecular formula is C23H30FNO. The van der Waals surface area contributed by atoms with Crippen molar-refractivity contribution in [3.8, 4) is 17.0 Å².